The fourth-order valence-electron chi connectivity index (χ4n) is 4.96. The molecule has 0 N–H and O–H groups in total. The van der Waals surface area contributed by atoms with Crippen LogP contribution < -0.4 is 9.47 Å². The summed E-state index contributed by atoms with van der Waals surface area (Å²) in [5.41, 5.74) is 1.50. The van der Waals surface area contributed by atoms with Gasteiger partial charge in [0.05, 0.1) is 17.3 Å². The largest absolute Gasteiger partial charge is 0.488 e. The van der Waals surface area contributed by atoms with Crippen molar-refractivity contribution >= 4 is 17.7 Å². The summed E-state index contributed by atoms with van der Waals surface area (Å²) >= 11 is 6.11. The highest BCUT2D eigenvalue weighted by molar-refractivity contribution is 6.29. The smallest absolute Gasteiger partial charge is 0.410 e. The highest BCUT2D eigenvalue weighted by Crippen LogP contribution is 2.40. The van der Waals surface area contributed by atoms with Gasteiger partial charge in [0.2, 0.25) is 5.88 Å². The van der Waals surface area contributed by atoms with E-state index >= 15 is 4.39 Å². The Morgan fingerprint density at radius 3 is 2.63 bits per heavy atom. The predicted molar refractivity (Wildman–Crippen MR) is 140 cm³/mol. The van der Waals surface area contributed by atoms with E-state index in [9.17, 15) is 4.79 Å². The summed E-state index contributed by atoms with van der Waals surface area (Å²) in [6.07, 6.45) is 0.662. The van der Waals surface area contributed by atoms with E-state index in [1.165, 1.54) is 0 Å². The van der Waals surface area contributed by atoms with Crippen LogP contribution in [-0.2, 0) is 11.3 Å². The number of rotatable bonds is 6. The SMILES string of the molecule is CC(C)(C)OC(=O)N1[C@@H]2CC[C@H]1[C@H](F)[C@H](Oc1ccc(-c3cnc(Cl)cc3OCc3ccccc3)nn1)C2. The van der Waals surface area contributed by atoms with Crippen LogP contribution in [0, 0.1) is 0 Å². The first kappa shape index (κ1) is 26.2. The second-order valence-corrected chi connectivity index (χ2v) is 10.9. The third-order valence-corrected chi connectivity index (χ3v) is 6.84. The van der Waals surface area contributed by atoms with E-state index < -0.39 is 30.0 Å². The van der Waals surface area contributed by atoms with Gasteiger partial charge in [0.1, 0.15) is 29.2 Å². The molecule has 1 amide bonds. The summed E-state index contributed by atoms with van der Waals surface area (Å²) in [5.74, 6) is 0.729. The predicted octanol–water partition coefficient (Wildman–Crippen LogP) is 6.03. The Bertz CT molecular complexity index is 1270. The lowest BCUT2D eigenvalue weighted by molar-refractivity contribution is -0.0412. The van der Waals surface area contributed by atoms with Crippen LogP contribution in [0.4, 0.5) is 9.18 Å². The number of piperidine rings is 1. The fourth-order valence-corrected chi connectivity index (χ4v) is 5.10. The summed E-state index contributed by atoms with van der Waals surface area (Å²) in [6.45, 7) is 5.76. The molecule has 38 heavy (non-hydrogen) atoms. The number of amides is 1. The van der Waals surface area contributed by atoms with E-state index in [0.717, 1.165) is 5.56 Å². The molecule has 4 heterocycles. The third kappa shape index (κ3) is 5.83. The summed E-state index contributed by atoms with van der Waals surface area (Å²) in [4.78, 5) is 18.4. The van der Waals surface area contributed by atoms with Crippen LogP contribution in [-0.4, -0.2) is 56.1 Å². The number of aromatic nitrogens is 3. The molecule has 10 heteroatoms. The standard InChI is InChI=1S/C28H30ClFN4O4/c1-28(2,3)38-27(35)34-18-9-11-21(34)26(30)23(13-18)37-25-12-10-20(32-33-25)19-15-31-24(29)14-22(19)36-16-17-7-5-4-6-8-17/h4-8,10,12,14-15,18,21,23,26H,9,11,13,16H2,1-3H3/t18-,21+,23-,26+/m1/s1. The van der Waals surface area contributed by atoms with Gasteiger partial charge in [-0.2, -0.15) is 0 Å². The molecule has 5 rings (SSSR count). The number of alkyl halides is 1. The molecule has 1 aromatic carbocycles. The molecule has 4 atom stereocenters. The van der Waals surface area contributed by atoms with Gasteiger partial charge in [-0.25, -0.2) is 14.2 Å². The lowest BCUT2D eigenvalue weighted by atomic mass is 9.98. The number of ether oxygens (including phenoxy) is 3. The van der Waals surface area contributed by atoms with Crippen molar-refractivity contribution in [3.63, 3.8) is 0 Å². The van der Waals surface area contributed by atoms with E-state index in [0.29, 0.717) is 48.0 Å². The van der Waals surface area contributed by atoms with Gasteiger partial charge in [-0.1, -0.05) is 41.9 Å². The zero-order valence-corrected chi connectivity index (χ0v) is 22.3. The molecule has 0 spiro atoms. The number of hydrogen-bond donors (Lipinski definition) is 0. The molecule has 0 aliphatic carbocycles. The number of halogens is 2. The summed E-state index contributed by atoms with van der Waals surface area (Å²) in [7, 11) is 0. The Hall–Kier alpha value is -3.46. The molecule has 2 aliphatic heterocycles. The monoisotopic (exact) mass is 540 g/mol. The van der Waals surface area contributed by atoms with Crippen molar-refractivity contribution in [1.29, 1.82) is 0 Å². The number of carbonyl (C=O) groups excluding carboxylic acids is 1. The first-order valence-electron chi connectivity index (χ1n) is 12.7. The lowest BCUT2D eigenvalue weighted by Gasteiger charge is -2.41. The van der Waals surface area contributed by atoms with Gasteiger partial charge < -0.3 is 14.2 Å². The summed E-state index contributed by atoms with van der Waals surface area (Å²) < 4.78 is 32.9. The molecule has 8 nitrogen and oxygen atoms in total. The van der Waals surface area contributed by atoms with Crippen LogP contribution in [0.25, 0.3) is 11.3 Å². The zero-order chi connectivity index (χ0) is 26.9. The molecule has 2 aliphatic rings. The van der Waals surface area contributed by atoms with Crippen molar-refractivity contribution in [3.05, 3.63) is 65.4 Å². The van der Waals surface area contributed by atoms with Crippen LogP contribution >= 0.6 is 11.6 Å². The Morgan fingerprint density at radius 1 is 1.13 bits per heavy atom. The minimum atomic E-state index is -1.36. The van der Waals surface area contributed by atoms with Gasteiger partial charge in [-0.05, 0) is 45.2 Å². The first-order valence-corrected chi connectivity index (χ1v) is 13.0. The quantitative estimate of drug-likeness (QED) is 0.353. The lowest BCUT2D eigenvalue weighted by Crippen LogP contribution is -2.57. The maximum Gasteiger partial charge on any atom is 0.410 e. The Morgan fingerprint density at radius 2 is 1.92 bits per heavy atom. The van der Waals surface area contributed by atoms with Crippen LogP contribution in [0.15, 0.2) is 54.7 Å². The van der Waals surface area contributed by atoms with E-state index in [4.69, 9.17) is 25.8 Å². The second kappa shape index (κ2) is 10.7. The highest BCUT2D eigenvalue weighted by atomic mass is 35.5. The van der Waals surface area contributed by atoms with E-state index in [2.05, 4.69) is 15.2 Å². The third-order valence-electron chi connectivity index (χ3n) is 6.64. The normalized spacial score (nSPS) is 22.7. The van der Waals surface area contributed by atoms with Gasteiger partial charge in [0, 0.05) is 30.8 Å². The van der Waals surface area contributed by atoms with Crippen molar-refractivity contribution in [2.45, 2.75) is 76.6 Å². The van der Waals surface area contributed by atoms with Gasteiger partial charge in [-0.3, -0.25) is 4.90 Å². The fraction of sp³-hybridized carbons (Fsp3) is 0.429. The molecule has 200 valence electrons. The van der Waals surface area contributed by atoms with E-state index in [1.807, 2.05) is 30.3 Å². The topological polar surface area (TPSA) is 86.7 Å². The van der Waals surface area contributed by atoms with Crippen LogP contribution in [0.5, 0.6) is 11.6 Å². The van der Waals surface area contributed by atoms with E-state index in [1.54, 1.807) is 50.1 Å². The summed E-state index contributed by atoms with van der Waals surface area (Å²) in [6, 6.07) is 14.1. The number of nitrogens with zero attached hydrogens (tertiary/aromatic N) is 4. The highest BCUT2D eigenvalue weighted by Gasteiger charge is 2.52. The average Bonchev–Trinajstić information content (AvgIpc) is 3.24. The van der Waals surface area contributed by atoms with Crippen molar-refractivity contribution in [1.82, 2.24) is 20.1 Å². The molecule has 2 aromatic heterocycles. The van der Waals surface area contributed by atoms with Gasteiger partial charge in [0.25, 0.3) is 0 Å². The second-order valence-electron chi connectivity index (χ2n) is 10.6. The molecule has 2 saturated heterocycles. The van der Waals surface area contributed by atoms with Gasteiger partial charge >= 0.3 is 6.09 Å². The van der Waals surface area contributed by atoms with Gasteiger partial charge in [-0.15, -0.1) is 10.2 Å². The number of hydrogen-bond acceptors (Lipinski definition) is 7. The molecule has 2 bridgehead atoms. The Labute approximate surface area is 226 Å². The minimum absolute atomic E-state index is 0.136. The molecular formula is C28H30ClFN4O4. The molecule has 0 saturated carbocycles. The number of fused-ring (bicyclic) bond motifs is 2. The average molecular weight is 541 g/mol. The molecular weight excluding hydrogens is 511 g/mol. The first-order chi connectivity index (χ1) is 18.2. The van der Waals surface area contributed by atoms with Crippen molar-refractivity contribution in [3.8, 4) is 22.9 Å². The summed E-state index contributed by atoms with van der Waals surface area (Å²) in [5, 5.41) is 8.75. The number of pyridine rings is 1. The van der Waals surface area contributed by atoms with Crippen LogP contribution in [0.3, 0.4) is 0 Å². The zero-order valence-electron chi connectivity index (χ0n) is 21.5. The van der Waals surface area contributed by atoms with Crippen LogP contribution in [0.1, 0.15) is 45.6 Å². The minimum Gasteiger partial charge on any atom is -0.488 e. The Balaban J connectivity index is 1.26. The van der Waals surface area contributed by atoms with Crippen molar-refractivity contribution in [2.75, 3.05) is 0 Å². The molecule has 0 radical (unpaired) electrons. The molecule has 3 aromatic rings. The maximum atomic E-state index is 15.5. The number of carbonyl (C=O) groups is 1. The van der Waals surface area contributed by atoms with E-state index in [-0.39, 0.29) is 11.9 Å². The molecule has 2 fully saturated rings. The Kier molecular flexibility index (Phi) is 7.38. The number of benzene rings is 1. The molecule has 0 unspecified atom stereocenters. The van der Waals surface area contributed by atoms with Crippen molar-refractivity contribution < 1.29 is 23.4 Å². The van der Waals surface area contributed by atoms with Crippen molar-refractivity contribution in [2.24, 2.45) is 0 Å². The van der Waals surface area contributed by atoms with Crippen LogP contribution in [0.2, 0.25) is 5.15 Å². The maximum absolute atomic E-state index is 15.5. The van der Waals surface area contributed by atoms with Gasteiger partial charge in [0.15, 0.2) is 6.17 Å².